The van der Waals surface area contributed by atoms with Crippen LogP contribution >= 0.6 is 0 Å². The summed E-state index contributed by atoms with van der Waals surface area (Å²) in [6, 6.07) is 12.2. The first-order valence-corrected chi connectivity index (χ1v) is 8.62. The van der Waals surface area contributed by atoms with Crippen molar-refractivity contribution >= 4 is 33.5 Å². The van der Waals surface area contributed by atoms with Crippen LogP contribution in [0.25, 0.3) is 32.9 Å². The van der Waals surface area contributed by atoms with Crippen LogP contribution in [0.2, 0.25) is 0 Å². The second kappa shape index (κ2) is 5.56. The number of anilines is 1. The van der Waals surface area contributed by atoms with E-state index in [0.29, 0.717) is 23.1 Å². The maximum atomic E-state index is 12.5. The number of amides is 1. The molecule has 0 aliphatic heterocycles. The van der Waals surface area contributed by atoms with Crippen molar-refractivity contribution in [2.75, 3.05) is 5.73 Å². The summed E-state index contributed by atoms with van der Waals surface area (Å²) in [5.41, 5.74) is 9.42. The number of rotatable bonds is 3. The van der Waals surface area contributed by atoms with Crippen molar-refractivity contribution in [3.8, 4) is 11.1 Å². The fourth-order valence-corrected chi connectivity index (χ4v) is 3.35. The lowest BCUT2D eigenvalue weighted by Crippen LogP contribution is -2.25. The number of carbonyl (C=O) groups excluding carboxylic acids is 1. The Morgan fingerprint density at radius 2 is 2.08 bits per heavy atom. The van der Waals surface area contributed by atoms with E-state index in [0.717, 1.165) is 40.1 Å². The molecule has 128 valence electrons. The second-order valence-electron chi connectivity index (χ2n) is 6.67. The highest BCUT2D eigenvalue weighted by Crippen LogP contribution is 2.33. The quantitative estimate of drug-likeness (QED) is 0.532. The third-order valence-corrected chi connectivity index (χ3v) is 4.85. The molecule has 1 amide bonds. The van der Waals surface area contributed by atoms with Gasteiger partial charge in [-0.05, 0) is 41.3 Å². The molecule has 0 atom stereocenters. The van der Waals surface area contributed by atoms with Gasteiger partial charge in [0.25, 0.3) is 5.91 Å². The van der Waals surface area contributed by atoms with Crippen LogP contribution in [0.5, 0.6) is 0 Å². The van der Waals surface area contributed by atoms with Crippen LogP contribution in [0.4, 0.5) is 5.82 Å². The Morgan fingerprint density at radius 3 is 2.92 bits per heavy atom. The average Bonchev–Trinajstić information content (AvgIpc) is 3.36. The van der Waals surface area contributed by atoms with Crippen molar-refractivity contribution < 1.29 is 4.79 Å². The maximum Gasteiger partial charge on any atom is 0.252 e. The summed E-state index contributed by atoms with van der Waals surface area (Å²) in [6.45, 7) is 0. The molecule has 6 nitrogen and oxygen atoms in total. The van der Waals surface area contributed by atoms with Crippen LogP contribution in [-0.4, -0.2) is 26.9 Å². The van der Waals surface area contributed by atoms with Gasteiger partial charge in [-0.15, -0.1) is 0 Å². The molecule has 6 heteroatoms. The molecule has 26 heavy (non-hydrogen) atoms. The zero-order chi connectivity index (χ0) is 17.7. The van der Waals surface area contributed by atoms with E-state index in [1.54, 1.807) is 0 Å². The van der Waals surface area contributed by atoms with Crippen molar-refractivity contribution in [2.24, 2.45) is 0 Å². The van der Waals surface area contributed by atoms with Crippen molar-refractivity contribution in [2.45, 2.75) is 18.9 Å². The molecule has 2 heterocycles. The number of aromatic nitrogens is 3. The van der Waals surface area contributed by atoms with E-state index in [1.807, 2.05) is 36.5 Å². The van der Waals surface area contributed by atoms with E-state index in [4.69, 9.17) is 5.73 Å². The summed E-state index contributed by atoms with van der Waals surface area (Å²) < 4.78 is 0. The molecule has 1 fully saturated rings. The molecule has 0 unspecified atom stereocenters. The van der Waals surface area contributed by atoms with Gasteiger partial charge in [-0.2, -0.15) is 0 Å². The highest BCUT2D eigenvalue weighted by atomic mass is 16.1. The van der Waals surface area contributed by atoms with Gasteiger partial charge in [-0.3, -0.25) is 4.79 Å². The molecule has 1 aliphatic carbocycles. The van der Waals surface area contributed by atoms with Crippen LogP contribution in [0, 0.1) is 0 Å². The molecule has 1 saturated carbocycles. The van der Waals surface area contributed by atoms with Gasteiger partial charge in [0.15, 0.2) is 0 Å². The van der Waals surface area contributed by atoms with Crippen LogP contribution in [0.1, 0.15) is 23.2 Å². The third-order valence-electron chi connectivity index (χ3n) is 4.85. The smallest absolute Gasteiger partial charge is 0.252 e. The summed E-state index contributed by atoms with van der Waals surface area (Å²) in [4.78, 5) is 23.9. The fourth-order valence-electron chi connectivity index (χ4n) is 3.35. The predicted molar refractivity (Wildman–Crippen MR) is 102 cm³/mol. The lowest BCUT2D eigenvalue weighted by Gasteiger charge is -2.09. The standard InChI is InChI=1S/C20H17N5O/c21-18-17-16(9-22-19(17)24-10-23-18)12-4-7-14-11(8-12)2-1-3-15(14)20(26)25-13-5-6-13/h1-4,7-10,13H,5-6H2,(H,25,26)(H3,21,22,23,24). The normalized spacial score (nSPS) is 14.0. The van der Waals surface area contributed by atoms with Crippen molar-refractivity contribution in [3.05, 3.63) is 54.5 Å². The van der Waals surface area contributed by atoms with Crippen LogP contribution in [0.3, 0.4) is 0 Å². The summed E-state index contributed by atoms with van der Waals surface area (Å²) >= 11 is 0. The Balaban J connectivity index is 1.63. The van der Waals surface area contributed by atoms with Gasteiger partial charge >= 0.3 is 0 Å². The number of hydrogen-bond acceptors (Lipinski definition) is 4. The number of nitrogens with zero attached hydrogens (tertiary/aromatic N) is 2. The number of nitrogens with one attached hydrogen (secondary N) is 2. The number of nitrogens with two attached hydrogens (primary N) is 1. The first-order valence-electron chi connectivity index (χ1n) is 8.62. The molecule has 4 aromatic rings. The van der Waals surface area contributed by atoms with Crippen LogP contribution < -0.4 is 11.1 Å². The van der Waals surface area contributed by atoms with Gasteiger partial charge in [0.05, 0.1) is 5.39 Å². The van der Waals surface area contributed by atoms with Gasteiger partial charge in [0.2, 0.25) is 0 Å². The molecule has 4 N–H and O–H groups in total. The lowest BCUT2D eigenvalue weighted by atomic mass is 9.98. The fraction of sp³-hybridized carbons (Fsp3) is 0.150. The van der Waals surface area contributed by atoms with Crippen molar-refractivity contribution in [1.82, 2.24) is 20.3 Å². The summed E-state index contributed by atoms with van der Waals surface area (Å²) in [7, 11) is 0. The number of aromatic amines is 1. The molecule has 0 radical (unpaired) electrons. The van der Waals surface area contributed by atoms with E-state index in [1.165, 1.54) is 6.33 Å². The van der Waals surface area contributed by atoms with E-state index >= 15 is 0 Å². The highest BCUT2D eigenvalue weighted by Gasteiger charge is 2.24. The maximum absolute atomic E-state index is 12.5. The number of fused-ring (bicyclic) bond motifs is 2. The molecule has 1 aliphatic rings. The monoisotopic (exact) mass is 343 g/mol. The molecular formula is C20H17N5O. The number of hydrogen-bond donors (Lipinski definition) is 3. The Bertz CT molecular complexity index is 1160. The van der Waals surface area contributed by atoms with Gasteiger partial charge in [0, 0.05) is 23.4 Å². The third kappa shape index (κ3) is 2.38. The summed E-state index contributed by atoms with van der Waals surface area (Å²) in [6.07, 6.45) is 5.49. The zero-order valence-electron chi connectivity index (χ0n) is 14.0. The second-order valence-corrected chi connectivity index (χ2v) is 6.67. The van der Waals surface area contributed by atoms with Crippen LogP contribution in [-0.2, 0) is 0 Å². The highest BCUT2D eigenvalue weighted by molar-refractivity contribution is 6.09. The SMILES string of the molecule is Nc1ncnc2[nH]cc(-c3ccc4c(C(=O)NC5CC5)cccc4c3)c12. The molecule has 5 rings (SSSR count). The van der Waals surface area contributed by atoms with Crippen LogP contribution in [0.15, 0.2) is 48.9 Å². The van der Waals surface area contributed by atoms with Crippen molar-refractivity contribution in [3.63, 3.8) is 0 Å². The van der Waals surface area contributed by atoms with Gasteiger partial charge < -0.3 is 16.0 Å². The molecule has 2 aromatic carbocycles. The summed E-state index contributed by atoms with van der Waals surface area (Å²) in [5.74, 6) is 0.444. The minimum Gasteiger partial charge on any atom is -0.383 e. The summed E-state index contributed by atoms with van der Waals surface area (Å²) in [5, 5.41) is 5.83. The Kier molecular flexibility index (Phi) is 3.18. The Morgan fingerprint density at radius 1 is 1.19 bits per heavy atom. The van der Waals surface area contributed by atoms with E-state index in [2.05, 4.69) is 26.3 Å². The van der Waals surface area contributed by atoms with E-state index < -0.39 is 0 Å². The van der Waals surface area contributed by atoms with E-state index in [-0.39, 0.29) is 5.91 Å². The Hall–Kier alpha value is -3.41. The van der Waals surface area contributed by atoms with E-state index in [9.17, 15) is 4.79 Å². The molecule has 0 spiro atoms. The first kappa shape index (κ1) is 14.9. The lowest BCUT2D eigenvalue weighted by molar-refractivity contribution is 0.0952. The van der Waals surface area contributed by atoms with Gasteiger partial charge in [-0.1, -0.05) is 24.3 Å². The zero-order valence-corrected chi connectivity index (χ0v) is 14.0. The minimum atomic E-state index is -0.00408. The largest absolute Gasteiger partial charge is 0.383 e. The topological polar surface area (TPSA) is 96.7 Å². The molecule has 0 saturated heterocycles. The number of benzene rings is 2. The molecule has 0 bridgehead atoms. The minimum absolute atomic E-state index is 0.00408. The Labute approximate surface area is 149 Å². The van der Waals surface area contributed by atoms with Gasteiger partial charge in [0.1, 0.15) is 17.8 Å². The average molecular weight is 343 g/mol. The molecular weight excluding hydrogens is 326 g/mol. The van der Waals surface area contributed by atoms with Crippen molar-refractivity contribution in [1.29, 1.82) is 0 Å². The first-order chi connectivity index (χ1) is 12.7. The predicted octanol–water partition coefficient (Wildman–Crippen LogP) is 3.25. The number of H-pyrrole nitrogens is 1. The molecule has 2 aromatic heterocycles. The van der Waals surface area contributed by atoms with Gasteiger partial charge in [-0.25, -0.2) is 9.97 Å². The number of nitrogen functional groups attached to an aromatic ring is 1. The number of carbonyl (C=O) groups is 1.